The quantitative estimate of drug-likeness (QED) is 0.863. The van der Waals surface area contributed by atoms with Crippen molar-refractivity contribution < 1.29 is 4.79 Å². The van der Waals surface area contributed by atoms with Crippen LogP contribution in [0.15, 0.2) is 35.4 Å². The van der Waals surface area contributed by atoms with Gasteiger partial charge in [0, 0.05) is 37.6 Å². The van der Waals surface area contributed by atoms with Crippen molar-refractivity contribution in [2.45, 2.75) is 32.1 Å². The maximum absolute atomic E-state index is 12.1. The molecule has 112 valence electrons. The molecule has 1 saturated carbocycles. The Morgan fingerprint density at radius 1 is 1.29 bits per heavy atom. The van der Waals surface area contributed by atoms with Gasteiger partial charge in [-0.2, -0.15) is 5.10 Å². The Kier molecular flexibility index (Phi) is 4.34. The molecule has 0 spiro atoms. The Morgan fingerprint density at radius 3 is 2.67 bits per heavy atom. The van der Waals surface area contributed by atoms with E-state index in [0.29, 0.717) is 5.92 Å². The average Bonchev–Trinajstić information content (AvgIpc) is 3.35. The summed E-state index contributed by atoms with van der Waals surface area (Å²) < 4.78 is 0. The molecule has 2 atom stereocenters. The summed E-state index contributed by atoms with van der Waals surface area (Å²) >= 11 is 0. The van der Waals surface area contributed by atoms with Crippen molar-refractivity contribution in [1.82, 2.24) is 10.3 Å². The minimum atomic E-state index is 0.0780. The first-order chi connectivity index (χ1) is 10.3. The molecule has 2 aliphatic rings. The van der Waals surface area contributed by atoms with E-state index in [2.05, 4.69) is 34.5 Å². The summed E-state index contributed by atoms with van der Waals surface area (Å²) in [5, 5.41) is 4.33. The Morgan fingerprint density at radius 2 is 2.00 bits per heavy atom. The van der Waals surface area contributed by atoms with Gasteiger partial charge in [0.25, 0.3) is 0 Å². The zero-order chi connectivity index (χ0) is 14.7. The van der Waals surface area contributed by atoms with E-state index in [-0.39, 0.29) is 11.8 Å². The number of nitrogens with zero attached hydrogens (tertiary/aromatic N) is 2. The summed E-state index contributed by atoms with van der Waals surface area (Å²) in [6.45, 7) is 5.39. The zero-order valence-electron chi connectivity index (χ0n) is 12.6. The molecule has 1 aromatic carbocycles. The second-order valence-corrected chi connectivity index (χ2v) is 5.95. The van der Waals surface area contributed by atoms with Crippen molar-refractivity contribution in [1.29, 1.82) is 0 Å². The molecule has 0 bridgehead atoms. The molecular formula is C17H23N3O. The number of nitrogens with one attached hydrogen (secondary N) is 1. The molecule has 1 amide bonds. The third-order valence-corrected chi connectivity index (χ3v) is 4.56. The van der Waals surface area contributed by atoms with E-state index >= 15 is 0 Å². The molecule has 1 aliphatic heterocycles. The van der Waals surface area contributed by atoms with E-state index in [1.807, 2.05) is 18.2 Å². The van der Waals surface area contributed by atoms with Gasteiger partial charge in [-0.15, -0.1) is 0 Å². The van der Waals surface area contributed by atoms with Crippen LogP contribution in [0.25, 0.3) is 0 Å². The normalized spacial score (nSPS) is 25.5. The van der Waals surface area contributed by atoms with Gasteiger partial charge in [-0.3, -0.25) is 4.79 Å². The monoisotopic (exact) mass is 285 g/mol. The lowest BCUT2D eigenvalue weighted by Crippen LogP contribution is -2.34. The lowest BCUT2D eigenvalue weighted by Gasteiger charge is -2.25. The van der Waals surface area contributed by atoms with Crippen molar-refractivity contribution in [3.05, 3.63) is 35.9 Å². The molecule has 3 rings (SSSR count). The van der Waals surface area contributed by atoms with Gasteiger partial charge in [0.1, 0.15) is 0 Å². The van der Waals surface area contributed by atoms with Gasteiger partial charge in [-0.05, 0) is 24.4 Å². The first kappa shape index (κ1) is 14.3. The predicted molar refractivity (Wildman–Crippen MR) is 84.2 cm³/mol. The number of amides is 1. The lowest BCUT2D eigenvalue weighted by atomic mass is 10.1. The van der Waals surface area contributed by atoms with Gasteiger partial charge >= 0.3 is 0 Å². The fourth-order valence-electron chi connectivity index (χ4n) is 3.01. The molecule has 1 heterocycles. The van der Waals surface area contributed by atoms with Gasteiger partial charge < -0.3 is 4.90 Å². The Bertz CT molecular complexity index is 516. The van der Waals surface area contributed by atoms with E-state index < -0.39 is 0 Å². The highest BCUT2D eigenvalue weighted by Gasteiger charge is 2.43. The second-order valence-electron chi connectivity index (χ2n) is 5.95. The smallest absolute Gasteiger partial charge is 0.243 e. The maximum atomic E-state index is 12.1. The van der Waals surface area contributed by atoms with Crippen molar-refractivity contribution >= 4 is 11.6 Å². The largest absolute Gasteiger partial charge is 0.303 e. The molecule has 4 nitrogen and oxygen atoms in total. The van der Waals surface area contributed by atoms with Crippen LogP contribution in [0.2, 0.25) is 0 Å². The number of hydrogen-bond donors (Lipinski definition) is 1. The van der Waals surface area contributed by atoms with Crippen LogP contribution in [0.1, 0.15) is 37.7 Å². The summed E-state index contributed by atoms with van der Waals surface area (Å²) in [5.41, 5.74) is 5.17. The van der Waals surface area contributed by atoms with Crippen LogP contribution < -0.4 is 5.43 Å². The van der Waals surface area contributed by atoms with Crippen LogP contribution in [-0.4, -0.2) is 36.2 Å². The highest BCUT2D eigenvalue weighted by Crippen LogP contribution is 2.47. The number of hydrogen-bond acceptors (Lipinski definition) is 3. The molecule has 2 fully saturated rings. The van der Waals surface area contributed by atoms with Crippen molar-refractivity contribution in [2.75, 3.05) is 19.6 Å². The molecular weight excluding hydrogens is 262 g/mol. The number of carbonyl (C=O) groups is 1. The molecule has 1 aliphatic carbocycles. The fraction of sp³-hybridized carbons (Fsp3) is 0.529. The third kappa shape index (κ3) is 3.50. The van der Waals surface area contributed by atoms with E-state index in [4.69, 9.17) is 0 Å². The SMILES string of the molecule is CCN1CCC(=NNC(=O)[C@H]2C[C@H]2c2ccccc2)CC1. The summed E-state index contributed by atoms with van der Waals surface area (Å²) in [5.74, 6) is 0.565. The van der Waals surface area contributed by atoms with Crippen LogP contribution >= 0.6 is 0 Å². The van der Waals surface area contributed by atoms with Crippen LogP contribution in [0.3, 0.4) is 0 Å². The van der Waals surface area contributed by atoms with E-state index in [1.54, 1.807) is 0 Å². The van der Waals surface area contributed by atoms with Gasteiger partial charge in [0.05, 0.1) is 0 Å². The molecule has 1 saturated heterocycles. The van der Waals surface area contributed by atoms with Crippen LogP contribution in [0, 0.1) is 5.92 Å². The van der Waals surface area contributed by atoms with Crippen molar-refractivity contribution in [2.24, 2.45) is 11.0 Å². The number of benzene rings is 1. The first-order valence-electron chi connectivity index (χ1n) is 7.90. The van der Waals surface area contributed by atoms with E-state index in [1.165, 1.54) is 5.56 Å². The maximum Gasteiger partial charge on any atom is 0.243 e. The van der Waals surface area contributed by atoms with Crippen LogP contribution in [0.5, 0.6) is 0 Å². The zero-order valence-corrected chi connectivity index (χ0v) is 12.6. The number of carbonyl (C=O) groups excluding carboxylic acids is 1. The van der Waals surface area contributed by atoms with Gasteiger partial charge in [0.2, 0.25) is 5.91 Å². The Hall–Kier alpha value is -1.68. The summed E-state index contributed by atoms with van der Waals surface area (Å²) in [6, 6.07) is 10.3. The molecule has 21 heavy (non-hydrogen) atoms. The number of hydrazone groups is 1. The molecule has 0 unspecified atom stereocenters. The standard InChI is InChI=1S/C17H23N3O/c1-2-20-10-8-14(9-11-20)18-19-17(21)16-12-15(16)13-6-4-3-5-7-13/h3-7,15-16H,2,8-12H2,1H3,(H,19,21)/t15-,16-/m0/s1. The van der Waals surface area contributed by atoms with Gasteiger partial charge in [-0.25, -0.2) is 5.43 Å². The number of piperidine rings is 1. The highest BCUT2D eigenvalue weighted by atomic mass is 16.2. The van der Waals surface area contributed by atoms with Gasteiger partial charge in [-0.1, -0.05) is 37.3 Å². The fourth-order valence-corrected chi connectivity index (χ4v) is 3.01. The lowest BCUT2D eigenvalue weighted by molar-refractivity contribution is -0.122. The van der Waals surface area contributed by atoms with Crippen molar-refractivity contribution in [3.63, 3.8) is 0 Å². The summed E-state index contributed by atoms with van der Waals surface area (Å²) in [7, 11) is 0. The number of likely N-dealkylation sites (tertiary alicyclic amines) is 1. The highest BCUT2D eigenvalue weighted by molar-refractivity contribution is 5.88. The third-order valence-electron chi connectivity index (χ3n) is 4.56. The Labute approximate surface area is 126 Å². The topological polar surface area (TPSA) is 44.7 Å². The number of rotatable bonds is 4. The summed E-state index contributed by atoms with van der Waals surface area (Å²) in [6.07, 6.45) is 2.89. The summed E-state index contributed by atoms with van der Waals surface area (Å²) in [4.78, 5) is 14.5. The average molecular weight is 285 g/mol. The minimum Gasteiger partial charge on any atom is -0.303 e. The molecule has 1 aromatic rings. The first-order valence-corrected chi connectivity index (χ1v) is 7.90. The van der Waals surface area contributed by atoms with Crippen LogP contribution in [0.4, 0.5) is 0 Å². The molecule has 4 heteroatoms. The van der Waals surface area contributed by atoms with Gasteiger partial charge in [0.15, 0.2) is 0 Å². The van der Waals surface area contributed by atoms with Crippen molar-refractivity contribution in [3.8, 4) is 0 Å². The van der Waals surface area contributed by atoms with E-state index in [0.717, 1.165) is 44.6 Å². The molecule has 0 aromatic heterocycles. The molecule has 1 N–H and O–H groups in total. The molecule has 0 radical (unpaired) electrons. The predicted octanol–water partition coefficient (Wildman–Crippen LogP) is 2.38. The van der Waals surface area contributed by atoms with Crippen LogP contribution in [-0.2, 0) is 4.79 Å². The van der Waals surface area contributed by atoms with E-state index in [9.17, 15) is 4.79 Å². The minimum absolute atomic E-state index is 0.0780. The Balaban J connectivity index is 1.48. The second kappa shape index (κ2) is 6.39.